The first-order chi connectivity index (χ1) is 13.8. The number of anilines is 1. The molecule has 1 N–H and O–H groups in total. The molecule has 0 spiro atoms. The second-order valence-corrected chi connectivity index (χ2v) is 7.99. The molecule has 0 radical (unpaired) electrons. The van der Waals surface area contributed by atoms with Crippen molar-refractivity contribution in [3.63, 3.8) is 0 Å². The number of likely N-dealkylation sites (N-methyl/N-ethyl adjacent to an activating group) is 1. The number of nitrogens with zero attached hydrogens (tertiary/aromatic N) is 3. The zero-order chi connectivity index (χ0) is 21.1. The summed E-state index contributed by atoms with van der Waals surface area (Å²) < 4.78 is 15.1. The van der Waals surface area contributed by atoms with E-state index in [0.29, 0.717) is 17.1 Å². The molecule has 0 aliphatic heterocycles. The lowest BCUT2D eigenvalue weighted by molar-refractivity contribution is -0.117. The summed E-state index contributed by atoms with van der Waals surface area (Å²) in [6.45, 7) is 5.95. The fourth-order valence-electron chi connectivity index (χ4n) is 3.26. The molecule has 0 aliphatic rings. The molecule has 7 heteroatoms. The number of amides is 1. The monoisotopic (exact) mass is 410 g/mol. The van der Waals surface area contributed by atoms with Gasteiger partial charge in [-0.05, 0) is 69.1 Å². The van der Waals surface area contributed by atoms with Crippen LogP contribution in [0.3, 0.4) is 0 Å². The summed E-state index contributed by atoms with van der Waals surface area (Å²) in [5.41, 5.74) is 2.70. The number of carbonyl (C=O) groups excluding carboxylic acids is 1. The van der Waals surface area contributed by atoms with Gasteiger partial charge in [0.2, 0.25) is 5.91 Å². The molecule has 3 rings (SSSR count). The normalized spacial score (nSPS) is 12.0. The molecular formula is C22H23FN4OS. The smallest absolute Gasteiger partial charge is 0.239 e. The van der Waals surface area contributed by atoms with Gasteiger partial charge < -0.3 is 5.32 Å². The fourth-order valence-corrected chi connectivity index (χ4v) is 4.10. The first-order valence-corrected chi connectivity index (χ1v) is 10.1. The van der Waals surface area contributed by atoms with E-state index in [-0.39, 0.29) is 24.3 Å². The van der Waals surface area contributed by atoms with Crippen molar-refractivity contribution in [2.75, 3.05) is 18.9 Å². The van der Waals surface area contributed by atoms with E-state index in [0.717, 1.165) is 11.3 Å². The van der Waals surface area contributed by atoms with Gasteiger partial charge in [-0.25, -0.2) is 4.39 Å². The third-order valence-electron chi connectivity index (χ3n) is 5.18. The van der Waals surface area contributed by atoms with Crippen LogP contribution in [0, 0.1) is 31.0 Å². The van der Waals surface area contributed by atoms with Gasteiger partial charge in [0.05, 0.1) is 12.1 Å². The number of benzene rings is 1. The van der Waals surface area contributed by atoms with Crippen LogP contribution in [0.2, 0.25) is 0 Å². The van der Waals surface area contributed by atoms with E-state index in [1.807, 2.05) is 43.3 Å². The fraction of sp³-hybridized carbons (Fsp3) is 0.273. The molecule has 29 heavy (non-hydrogen) atoms. The number of halogens is 1. The SMILES string of the molecule is Cc1c(C#N)c(NC(=O)CN(C)C(C)c2cccs2)n(-c2ccc(F)cc2)c1C. The van der Waals surface area contributed by atoms with Gasteiger partial charge in [0, 0.05) is 22.3 Å². The van der Waals surface area contributed by atoms with Gasteiger partial charge in [-0.2, -0.15) is 5.26 Å². The molecule has 3 aromatic rings. The molecule has 1 atom stereocenters. The predicted octanol–water partition coefficient (Wildman–Crippen LogP) is 4.80. The maximum absolute atomic E-state index is 13.4. The Kier molecular flexibility index (Phi) is 6.16. The number of carbonyl (C=O) groups is 1. The van der Waals surface area contributed by atoms with E-state index >= 15 is 0 Å². The number of nitriles is 1. The Morgan fingerprint density at radius 1 is 1.31 bits per heavy atom. The zero-order valence-corrected chi connectivity index (χ0v) is 17.7. The molecule has 0 fully saturated rings. The van der Waals surface area contributed by atoms with Crippen molar-refractivity contribution >= 4 is 23.1 Å². The number of rotatable bonds is 6. The molecule has 150 valence electrons. The molecular weight excluding hydrogens is 387 g/mol. The van der Waals surface area contributed by atoms with Gasteiger partial charge in [0.1, 0.15) is 17.7 Å². The molecule has 1 unspecified atom stereocenters. The molecule has 0 saturated carbocycles. The van der Waals surface area contributed by atoms with E-state index in [9.17, 15) is 14.4 Å². The minimum absolute atomic E-state index is 0.101. The average Bonchev–Trinajstić information content (AvgIpc) is 3.30. The highest BCUT2D eigenvalue weighted by atomic mass is 32.1. The first kappa shape index (κ1) is 20.8. The van der Waals surface area contributed by atoms with E-state index < -0.39 is 0 Å². The van der Waals surface area contributed by atoms with E-state index in [4.69, 9.17) is 0 Å². The molecule has 0 aliphatic carbocycles. The Balaban J connectivity index is 1.88. The van der Waals surface area contributed by atoms with Gasteiger partial charge in [0.15, 0.2) is 0 Å². The van der Waals surface area contributed by atoms with Gasteiger partial charge in [-0.1, -0.05) is 6.07 Å². The second-order valence-electron chi connectivity index (χ2n) is 7.01. The van der Waals surface area contributed by atoms with Crippen molar-refractivity contribution in [3.8, 4) is 11.8 Å². The van der Waals surface area contributed by atoms with Crippen LogP contribution >= 0.6 is 11.3 Å². The molecule has 1 aromatic carbocycles. The molecule has 2 aromatic heterocycles. The molecule has 1 amide bonds. The summed E-state index contributed by atoms with van der Waals surface area (Å²) in [7, 11) is 1.89. The summed E-state index contributed by atoms with van der Waals surface area (Å²) in [5.74, 6) is -0.143. The van der Waals surface area contributed by atoms with Crippen LogP contribution in [-0.4, -0.2) is 29.0 Å². The molecule has 0 saturated heterocycles. The third-order valence-corrected chi connectivity index (χ3v) is 6.22. The Morgan fingerprint density at radius 2 is 2.00 bits per heavy atom. The number of aromatic nitrogens is 1. The lowest BCUT2D eigenvalue weighted by Crippen LogP contribution is -2.32. The zero-order valence-electron chi connectivity index (χ0n) is 16.9. The van der Waals surface area contributed by atoms with Crippen molar-refractivity contribution in [1.82, 2.24) is 9.47 Å². The predicted molar refractivity (Wildman–Crippen MR) is 114 cm³/mol. The van der Waals surface area contributed by atoms with Gasteiger partial charge in [-0.15, -0.1) is 11.3 Å². The van der Waals surface area contributed by atoms with Gasteiger partial charge in [0.25, 0.3) is 0 Å². The lowest BCUT2D eigenvalue weighted by atomic mass is 10.2. The van der Waals surface area contributed by atoms with Crippen LogP contribution in [0.1, 0.15) is 34.7 Å². The van der Waals surface area contributed by atoms with Crippen LogP contribution in [0.15, 0.2) is 41.8 Å². The van der Waals surface area contributed by atoms with E-state index in [2.05, 4.69) is 18.3 Å². The number of hydrogen-bond donors (Lipinski definition) is 1. The number of thiophene rings is 1. The van der Waals surface area contributed by atoms with Crippen LogP contribution in [0.4, 0.5) is 10.2 Å². The van der Waals surface area contributed by atoms with Crippen molar-refractivity contribution in [3.05, 3.63) is 69.3 Å². The minimum atomic E-state index is -0.342. The summed E-state index contributed by atoms with van der Waals surface area (Å²) >= 11 is 1.65. The van der Waals surface area contributed by atoms with Gasteiger partial charge in [-0.3, -0.25) is 14.3 Å². The maximum Gasteiger partial charge on any atom is 0.239 e. The largest absolute Gasteiger partial charge is 0.310 e. The standard InChI is InChI=1S/C22H23FN4OS/c1-14-15(2)27(18-9-7-17(23)8-10-18)22(19(14)12-24)25-21(28)13-26(4)16(3)20-6-5-11-29-20/h5-11,16H,13H2,1-4H3,(H,25,28). The first-order valence-electron chi connectivity index (χ1n) is 9.25. The topological polar surface area (TPSA) is 61.1 Å². The van der Waals surface area contributed by atoms with Crippen LogP contribution in [0.5, 0.6) is 0 Å². The van der Waals surface area contributed by atoms with Gasteiger partial charge >= 0.3 is 0 Å². The van der Waals surface area contributed by atoms with Crippen LogP contribution in [-0.2, 0) is 4.79 Å². The quantitative estimate of drug-likeness (QED) is 0.635. The van der Waals surface area contributed by atoms with Crippen molar-refractivity contribution in [1.29, 1.82) is 5.26 Å². The summed E-state index contributed by atoms with van der Waals surface area (Å²) in [6, 6.07) is 12.3. The number of nitrogens with one attached hydrogen (secondary N) is 1. The van der Waals surface area contributed by atoms with Crippen molar-refractivity contribution in [2.24, 2.45) is 0 Å². The Morgan fingerprint density at radius 3 is 2.59 bits per heavy atom. The maximum atomic E-state index is 13.4. The Hall–Kier alpha value is -2.95. The summed E-state index contributed by atoms with van der Waals surface area (Å²) in [6.07, 6.45) is 0. The Labute approximate surface area is 174 Å². The second kappa shape index (κ2) is 8.60. The van der Waals surface area contributed by atoms with Crippen molar-refractivity contribution < 1.29 is 9.18 Å². The highest BCUT2D eigenvalue weighted by Crippen LogP contribution is 2.30. The van der Waals surface area contributed by atoms with E-state index in [1.165, 1.54) is 17.0 Å². The molecule has 5 nitrogen and oxygen atoms in total. The number of hydrogen-bond acceptors (Lipinski definition) is 4. The highest BCUT2D eigenvalue weighted by Gasteiger charge is 2.22. The average molecular weight is 411 g/mol. The summed E-state index contributed by atoms with van der Waals surface area (Å²) in [4.78, 5) is 15.9. The minimum Gasteiger partial charge on any atom is -0.310 e. The molecule has 2 heterocycles. The van der Waals surface area contributed by atoms with Crippen molar-refractivity contribution in [2.45, 2.75) is 26.8 Å². The third kappa shape index (κ3) is 4.24. The lowest BCUT2D eigenvalue weighted by Gasteiger charge is -2.23. The highest BCUT2D eigenvalue weighted by molar-refractivity contribution is 7.10. The van der Waals surface area contributed by atoms with E-state index in [1.54, 1.807) is 28.0 Å². The summed E-state index contributed by atoms with van der Waals surface area (Å²) in [5, 5.41) is 14.6. The van der Waals surface area contributed by atoms with Crippen LogP contribution < -0.4 is 5.32 Å². The molecule has 0 bridgehead atoms. The Bertz CT molecular complexity index is 1050. The van der Waals surface area contributed by atoms with Crippen LogP contribution in [0.25, 0.3) is 5.69 Å².